The maximum Gasteiger partial charge on any atom is 0.411 e. The van der Waals surface area contributed by atoms with E-state index in [4.69, 9.17) is 9.47 Å². The summed E-state index contributed by atoms with van der Waals surface area (Å²) in [6, 6.07) is 25.0. The monoisotopic (exact) mass is 458 g/mol. The van der Waals surface area contributed by atoms with E-state index < -0.39 is 12.2 Å². The Labute approximate surface area is 200 Å². The molecule has 1 aliphatic rings. The lowest BCUT2D eigenvalue weighted by atomic mass is 10.0. The molecule has 0 aromatic heterocycles. The van der Waals surface area contributed by atoms with Crippen molar-refractivity contribution in [3.05, 3.63) is 95.6 Å². The van der Waals surface area contributed by atoms with Crippen LogP contribution < -0.4 is 10.1 Å². The van der Waals surface area contributed by atoms with Gasteiger partial charge in [0.2, 0.25) is 0 Å². The van der Waals surface area contributed by atoms with Crippen molar-refractivity contribution in [1.82, 2.24) is 4.90 Å². The minimum atomic E-state index is -0.548. The van der Waals surface area contributed by atoms with E-state index >= 15 is 0 Å². The van der Waals surface area contributed by atoms with Crippen molar-refractivity contribution in [2.24, 2.45) is 0 Å². The summed E-state index contributed by atoms with van der Waals surface area (Å²) >= 11 is 0. The van der Waals surface area contributed by atoms with Gasteiger partial charge in [-0.1, -0.05) is 74.5 Å². The Morgan fingerprint density at radius 3 is 2.44 bits per heavy atom. The molecule has 0 fully saturated rings. The fourth-order valence-electron chi connectivity index (χ4n) is 4.26. The quantitative estimate of drug-likeness (QED) is 0.465. The Morgan fingerprint density at radius 2 is 1.76 bits per heavy atom. The van der Waals surface area contributed by atoms with Crippen LogP contribution in [0.1, 0.15) is 49.4 Å². The third-order valence-corrected chi connectivity index (χ3v) is 6.01. The molecule has 4 rings (SSSR count). The minimum absolute atomic E-state index is 0.0221. The summed E-state index contributed by atoms with van der Waals surface area (Å²) in [7, 11) is 0. The lowest BCUT2D eigenvalue weighted by Gasteiger charge is -2.32. The van der Waals surface area contributed by atoms with Crippen LogP contribution in [0.4, 0.5) is 10.5 Å². The molecule has 0 bridgehead atoms. The van der Waals surface area contributed by atoms with Gasteiger partial charge in [-0.15, -0.1) is 0 Å². The highest BCUT2D eigenvalue weighted by Crippen LogP contribution is 2.34. The van der Waals surface area contributed by atoms with E-state index in [9.17, 15) is 9.59 Å². The van der Waals surface area contributed by atoms with Gasteiger partial charge < -0.3 is 14.4 Å². The van der Waals surface area contributed by atoms with E-state index in [2.05, 4.69) is 24.4 Å². The zero-order valence-electron chi connectivity index (χ0n) is 19.6. The Hall–Kier alpha value is -3.80. The molecule has 34 heavy (non-hydrogen) atoms. The van der Waals surface area contributed by atoms with Crippen LogP contribution in [-0.2, 0) is 22.7 Å². The van der Waals surface area contributed by atoms with Gasteiger partial charge in [0.25, 0.3) is 5.91 Å². The molecule has 0 radical (unpaired) electrons. The first-order valence-electron chi connectivity index (χ1n) is 11.7. The van der Waals surface area contributed by atoms with E-state index in [1.807, 2.05) is 72.5 Å². The maximum atomic E-state index is 13.4. The standard InChI is InChI=1S/C28H30N2O4/c1-3-24(21-13-9-6-10-14-21)30-18-22-17-23(15-16-26(22)34-25(4-2)27(30)31)29-28(32)33-19-20-11-7-5-8-12-20/h5-17,24-25H,3-4,18-19H2,1-2H3,(H,29,32)/t24-,25+/m1/s1. The first kappa shape index (κ1) is 23.4. The summed E-state index contributed by atoms with van der Waals surface area (Å²) in [5, 5.41) is 2.79. The molecule has 6 nitrogen and oxygen atoms in total. The second-order valence-electron chi connectivity index (χ2n) is 8.32. The number of nitrogens with one attached hydrogen (secondary N) is 1. The molecule has 0 aliphatic carbocycles. The number of benzene rings is 3. The van der Waals surface area contributed by atoms with Gasteiger partial charge in [-0.25, -0.2) is 4.79 Å². The van der Waals surface area contributed by atoms with Crippen molar-refractivity contribution in [3.8, 4) is 5.75 Å². The highest BCUT2D eigenvalue weighted by molar-refractivity contribution is 5.85. The van der Waals surface area contributed by atoms with Gasteiger partial charge in [0.15, 0.2) is 6.10 Å². The normalized spacial score (nSPS) is 16.1. The van der Waals surface area contributed by atoms with Gasteiger partial charge in [0.1, 0.15) is 12.4 Å². The van der Waals surface area contributed by atoms with Crippen LogP contribution in [0.3, 0.4) is 0 Å². The minimum Gasteiger partial charge on any atom is -0.480 e. The first-order chi connectivity index (χ1) is 16.6. The fraction of sp³-hybridized carbons (Fsp3) is 0.286. The fourth-order valence-corrected chi connectivity index (χ4v) is 4.26. The van der Waals surface area contributed by atoms with Crippen LogP contribution in [0.15, 0.2) is 78.9 Å². The van der Waals surface area contributed by atoms with Gasteiger partial charge in [0, 0.05) is 11.3 Å². The molecule has 2 amide bonds. The molecule has 0 spiro atoms. The zero-order valence-corrected chi connectivity index (χ0v) is 19.6. The van der Waals surface area contributed by atoms with Crippen molar-refractivity contribution in [2.75, 3.05) is 5.32 Å². The maximum absolute atomic E-state index is 13.4. The van der Waals surface area contributed by atoms with Gasteiger partial charge in [0.05, 0.1) is 12.6 Å². The molecular formula is C28H30N2O4. The number of anilines is 1. The number of hydrogen-bond donors (Lipinski definition) is 1. The van der Waals surface area contributed by atoms with Crippen LogP contribution >= 0.6 is 0 Å². The van der Waals surface area contributed by atoms with Crippen molar-refractivity contribution < 1.29 is 19.1 Å². The summed E-state index contributed by atoms with van der Waals surface area (Å²) < 4.78 is 11.5. The molecule has 0 saturated carbocycles. The van der Waals surface area contributed by atoms with Gasteiger partial charge >= 0.3 is 6.09 Å². The number of ether oxygens (including phenoxy) is 2. The summed E-state index contributed by atoms with van der Waals surface area (Å²) in [6.45, 7) is 4.62. The number of hydrogen-bond acceptors (Lipinski definition) is 4. The SMILES string of the molecule is CC[C@@H]1Oc2ccc(NC(=O)OCc3ccccc3)cc2CN([C@H](CC)c2ccccc2)C1=O. The molecule has 1 aliphatic heterocycles. The molecule has 176 valence electrons. The molecule has 3 aromatic carbocycles. The number of nitrogens with zero attached hydrogens (tertiary/aromatic N) is 1. The number of fused-ring (bicyclic) bond motifs is 1. The predicted octanol–water partition coefficient (Wildman–Crippen LogP) is 6.09. The lowest BCUT2D eigenvalue weighted by Crippen LogP contribution is -2.41. The van der Waals surface area contributed by atoms with Crippen LogP contribution in [0.5, 0.6) is 5.75 Å². The topological polar surface area (TPSA) is 67.9 Å². The van der Waals surface area contributed by atoms with Crippen molar-refractivity contribution in [1.29, 1.82) is 0 Å². The zero-order chi connectivity index (χ0) is 23.9. The van der Waals surface area contributed by atoms with E-state index in [1.165, 1.54) is 0 Å². The first-order valence-corrected chi connectivity index (χ1v) is 11.7. The average molecular weight is 459 g/mol. The Morgan fingerprint density at radius 1 is 1.06 bits per heavy atom. The Balaban J connectivity index is 1.54. The second kappa shape index (κ2) is 10.9. The Bertz CT molecular complexity index is 1120. The summed E-state index contributed by atoms with van der Waals surface area (Å²) in [5.41, 5.74) is 3.45. The molecule has 6 heteroatoms. The highest BCUT2D eigenvalue weighted by atomic mass is 16.5. The summed E-state index contributed by atoms with van der Waals surface area (Å²) in [6.07, 6.45) is 0.277. The van der Waals surface area contributed by atoms with E-state index in [1.54, 1.807) is 6.07 Å². The molecular weight excluding hydrogens is 428 g/mol. The summed E-state index contributed by atoms with van der Waals surface area (Å²) in [5.74, 6) is 0.639. The molecule has 0 saturated heterocycles. The number of carbonyl (C=O) groups excluding carboxylic acids is 2. The van der Waals surface area contributed by atoms with E-state index in [0.717, 1.165) is 23.1 Å². The number of carbonyl (C=O) groups is 2. The van der Waals surface area contributed by atoms with E-state index in [-0.39, 0.29) is 18.6 Å². The Kier molecular flexibility index (Phi) is 7.48. The average Bonchev–Trinajstić information content (AvgIpc) is 3.01. The van der Waals surface area contributed by atoms with Gasteiger partial charge in [-0.05, 0) is 42.2 Å². The molecule has 0 unspecified atom stereocenters. The molecule has 2 atom stereocenters. The van der Waals surface area contributed by atoms with Gasteiger partial charge in [-0.2, -0.15) is 0 Å². The van der Waals surface area contributed by atoms with Crippen molar-refractivity contribution in [2.45, 2.75) is 52.0 Å². The smallest absolute Gasteiger partial charge is 0.411 e. The van der Waals surface area contributed by atoms with Gasteiger partial charge in [-0.3, -0.25) is 10.1 Å². The van der Waals surface area contributed by atoms with Crippen LogP contribution in [0.2, 0.25) is 0 Å². The molecule has 1 heterocycles. The third kappa shape index (κ3) is 5.39. The van der Waals surface area contributed by atoms with Crippen molar-refractivity contribution >= 4 is 17.7 Å². The van der Waals surface area contributed by atoms with Crippen LogP contribution in [0.25, 0.3) is 0 Å². The largest absolute Gasteiger partial charge is 0.480 e. The number of amides is 2. The van der Waals surface area contributed by atoms with Crippen LogP contribution in [0, 0.1) is 0 Å². The molecule has 1 N–H and O–H groups in total. The van der Waals surface area contributed by atoms with E-state index in [0.29, 0.717) is 24.4 Å². The predicted molar refractivity (Wildman–Crippen MR) is 131 cm³/mol. The van der Waals surface area contributed by atoms with Crippen LogP contribution in [-0.4, -0.2) is 23.0 Å². The molecule has 3 aromatic rings. The second-order valence-corrected chi connectivity index (χ2v) is 8.32. The lowest BCUT2D eigenvalue weighted by molar-refractivity contribution is -0.141. The third-order valence-electron chi connectivity index (χ3n) is 6.01. The van der Waals surface area contributed by atoms with Crippen molar-refractivity contribution in [3.63, 3.8) is 0 Å². The summed E-state index contributed by atoms with van der Waals surface area (Å²) in [4.78, 5) is 27.7. The number of rotatable bonds is 7. The highest BCUT2D eigenvalue weighted by Gasteiger charge is 2.34.